The summed E-state index contributed by atoms with van der Waals surface area (Å²) in [6.07, 6.45) is 0.881. The van der Waals surface area contributed by atoms with E-state index in [1.54, 1.807) is 12.1 Å². The van der Waals surface area contributed by atoms with E-state index in [4.69, 9.17) is 17.3 Å². The molecule has 0 aliphatic heterocycles. The van der Waals surface area contributed by atoms with Crippen LogP contribution in [0.1, 0.15) is 37.6 Å². The Morgan fingerprint density at radius 2 is 2.11 bits per heavy atom. The predicted octanol–water partition coefficient (Wildman–Crippen LogP) is 2.88. The van der Waals surface area contributed by atoms with E-state index in [-0.39, 0.29) is 11.9 Å². The van der Waals surface area contributed by atoms with Gasteiger partial charge in [0.2, 0.25) is 0 Å². The first kappa shape index (κ1) is 14.6. The van der Waals surface area contributed by atoms with Crippen molar-refractivity contribution in [3.8, 4) is 0 Å². The zero-order valence-corrected chi connectivity index (χ0v) is 11.8. The van der Waals surface area contributed by atoms with Crippen molar-refractivity contribution in [3.05, 3.63) is 22.7 Å². The molecule has 1 aromatic carbocycles. The van der Waals surface area contributed by atoms with Gasteiger partial charge in [-0.2, -0.15) is 0 Å². The summed E-state index contributed by atoms with van der Waals surface area (Å²) in [7, 11) is 0. The Morgan fingerprint density at radius 1 is 1.44 bits per heavy atom. The van der Waals surface area contributed by atoms with Crippen molar-refractivity contribution in [2.24, 2.45) is 0 Å². The van der Waals surface area contributed by atoms with Gasteiger partial charge < -0.3 is 16.4 Å². The zero-order chi connectivity index (χ0) is 13.7. The molecule has 5 heteroatoms. The third kappa shape index (κ3) is 3.81. The monoisotopic (exact) mass is 269 g/mol. The number of amides is 1. The van der Waals surface area contributed by atoms with Gasteiger partial charge in [-0.15, -0.1) is 0 Å². The summed E-state index contributed by atoms with van der Waals surface area (Å²) in [6, 6.07) is 3.55. The highest BCUT2D eigenvalue weighted by molar-refractivity contribution is 6.34. The molecule has 4 nitrogen and oxygen atoms in total. The molecule has 0 saturated carbocycles. The lowest BCUT2D eigenvalue weighted by Crippen LogP contribution is -2.24. The second-order valence-electron chi connectivity index (χ2n) is 4.47. The number of anilines is 2. The van der Waals surface area contributed by atoms with E-state index in [0.29, 0.717) is 22.8 Å². The van der Waals surface area contributed by atoms with E-state index >= 15 is 0 Å². The van der Waals surface area contributed by atoms with Crippen LogP contribution in [0.4, 0.5) is 11.4 Å². The van der Waals surface area contributed by atoms with Crippen LogP contribution in [0.3, 0.4) is 0 Å². The SMILES string of the molecule is CCCNC(=O)c1cc(N)c(NC(C)C)cc1Cl. The van der Waals surface area contributed by atoms with Crippen molar-refractivity contribution in [2.75, 3.05) is 17.6 Å². The molecule has 0 radical (unpaired) electrons. The predicted molar refractivity (Wildman–Crippen MR) is 77.2 cm³/mol. The summed E-state index contributed by atoms with van der Waals surface area (Å²) in [5, 5.41) is 6.36. The Labute approximate surface area is 113 Å². The fraction of sp³-hybridized carbons (Fsp3) is 0.462. The molecule has 0 unspecified atom stereocenters. The van der Waals surface area contributed by atoms with Crippen molar-refractivity contribution in [1.82, 2.24) is 5.32 Å². The van der Waals surface area contributed by atoms with Crippen LogP contribution in [0.25, 0.3) is 0 Å². The first-order valence-electron chi connectivity index (χ1n) is 6.09. The highest BCUT2D eigenvalue weighted by atomic mass is 35.5. The maximum atomic E-state index is 11.8. The van der Waals surface area contributed by atoms with E-state index in [9.17, 15) is 4.79 Å². The molecule has 1 amide bonds. The number of rotatable bonds is 5. The Morgan fingerprint density at radius 3 is 2.67 bits per heavy atom. The second-order valence-corrected chi connectivity index (χ2v) is 4.88. The molecule has 100 valence electrons. The number of hydrogen-bond acceptors (Lipinski definition) is 3. The maximum Gasteiger partial charge on any atom is 0.252 e. The topological polar surface area (TPSA) is 67.2 Å². The highest BCUT2D eigenvalue weighted by Crippen LogP contribution is 2.27. The second kappa shape index (κ2) is 6.50. The summed E-state index contributed by atoms with van der Waals surface area (Å²) < 4.78 is 0. The van der Waals surface area contributed by atoms with Crippen LogP contribution in [-0.4, -0.2) is 18.5 Å². The standard InChI is InChI=1S/C13H20ClN3O/c1-4-5-16-13(18)9-6-11(15)12(7-10(9)14)17-8(2)3/h6-8,17H,4-5,15H2,1-3H3,(H,16,18). The number of hydrogen-bond donors (Lipinski definition) is 3. The fourth-order valence-corrected chi connectivity index (χ4v) is 1.78. The minimum absolute atomic E-state index is 0.190. The van der Waals surface area contributed by atoms with Crippen molar-refractivity contribution >= 4 is 28.9 Å². The lowest BCUT2D eigenvalue weighted by Gasteiger charge is -2.15. The smallest absolute Gasteiger partial charge is 0.252 e. The molecule has 0 fully saturated rings. The summed E-state index contributed by atoms with van der Waals surface area (Å²) in [5.41, 5.74) is 7.59. The van der Waals surface area contributed by atoms with Gasteiger partial charge in [0.1, 0.15) is 0 Å². The van der Waals surface area contributed by atoms with E-state index in [1.807, 2.05) is 20.8 Å². The van der Waals surface area contributed by atoms with E-state index in [2.05, 4.69) is 10.6 Å². The Bertz CT molecular complexity index is 432. The number of benzene rings is 1. The van der Waals surface area contributed by atoms with Crippen LogP contribution in [-0.2, 0) is 0 Å². The van der Waals surface area contributed by atoms with Crippen molar-refractivity contribution in [2.45, 2.75) is 33.2 Å². The van der Waals surface area contributed by atoms with Crippen LogP contribution in [0.15, 0.2) is 12.1 Å². The maximum absolute atomic E-state index is 11.8. The quantitative estimate of drug-likeness (QED) is 0.720. The summed E-state index contributed by atoms with van der Waals surface area (Å²) >= 11 is 6.10. The van der Waals surface area contributed by atoms with Crippen LogP contribution in [0.2, 0.25) is 5.02 Å². The molecule has 0 aliphatic rings. The molecule has 0 heterocycles. The molecule has 1 rings (SSSR count). The molecule has 0 saturated heterocycles. The molecule has 4 N–H and O–H groups in total. The van der Waals surface area contributed by atoms with Crippen LogP contribution < -0.4 is 16.4 Å². The number of nitrogens with two attached hydrogens (primary N) is 1. The van der Waals surface area contributed by atoms with E-state index in [0.717, 1.165) is 12.1 Å². The van der Waals surface area contributed by atoms with E-state index < -0.39 is 0 Å². The lowest BCUT2D eigenvalue weighted by molar-refractivity contribution is 0.0954. The normalized spacial score (nSPS) is 10.5. The van der Waals surface area contributed by atoms with Gasteiger partial charge in [0.05, 0.1) is 22.0 Å². The van der Waals surface area contributed by atoms with Gasteiger partial charge in [-0.05, 0) is 32.4 Å². The average molecular weight is 270 g/mol. The van der Waals surface area contributed by atoms with Gasteiger partial charge in [0, 0.05) is 12.6 Å². The third-order valence-corrected chi connectivity index (χ3v) is 2.68. The Kier molecular flexibility index (Phi) is 5.28. The molecule has 0 aliphatic carbocycles. The van der Waals surface area contributed by atoms with Crippen LogP contribution in [0, 0.1) is 0 Å². The van der Waals surface area contributed by atoms with Gasteiger partial charge in [-0.25, -0.2) is 0 Å². The molecular formula is C13H20ClN3O. The summed E-state index contributed by atoms with van der Waals surface area (Å²) in [6.45, 7) is 6.64. The molecule has 18 heavy (non-hydrogen) atoms. The lowest BCUT2D eigenvalue weighted by atomic mass is 10.1. The van der Waals surface area contributed by atoms with Gasteiger partial charge in [-0.1, -0.05) is 18.5 Å². The first-order chi connectivity index (χ1) is 8.45. The molecule has 0 bridgehead atoms. The van der Waals surface area contributed by atoms with Gasteiger partial charge >= 0.3 is 0 Å². The summed E-state index contributed by atoms with van der Waals surface area (Å²) in [5.74, 6) is -0.190. The minimum atomic E-state index is -0.190. The average Bonchev–Trinajstić information content (AvgIpc) is 2.29. The zero-order valence-electron chi connectivity index (χ0n) is 11.0. The van der Waals surface area contributed by atoms with Gasteiger partial charge in [0.25, 0.3) is 5.91 Å². The largest absolute Gasteiger partial charge is 0.397 e. The van der Waals surface area contributed by atoms with E-state index in [1.165, 1.54) is 0 Å². The van der Waals surface area contributed by atoms with Crippen molar-refractivity contribution in [3.63, 3.8) is 0 Å². The van der Waals surface area contributed by atoms with Crippen molar-refractivity contribution in [1.29, 1.82) is 0 Å². The highest BCUT2D eigenvalue weighted by Gasteiger charge is 2.13. The fourth-order valence-electron chi connectivity index (χ4n) is 1.53. The number of nitrogens with one attached hydrogen (secondary N) is 2. The number of carbonyl (C=O) groups is 1. The third-order valence-electron chi connectivity index (χ3n) is 2.36. The molecule has 1 aromatic rings. The van der Waals surface area contributed by atoms with Crippen molar-refractivity contribution < 1.29 is 4.79 Å². The van der Waals surface area contributed by atoms with Crippen LogP contribution in [0.5, 0.6) is 0 Å². The first-order valence-corrected chi connectivity index (χ1v) is 6.47. The number of carbonyl (C=O) groups excluding carboxylic acids is 1. The minimum Gasteiger partial charge on any atom is -0.397 e. The molecule has 0 spiro atoms. The van der Waals surface area contributed by atoms with Crippen LogP contribution >= 0.6 is 11.6 Å². The Hall–Kier alpha value is -1.42. The van der Waals surface area contributed by atoms with Gasteiger partial charge in [0.15, 0.2) is 0 Å². The van der Waals surface area contributed by atoms with Gasteiger partial charge in [-0.3, -0.25) is 4.79 Å². The Balaban J connectivity index is 2.95. The number of nitrogen functional groups attached to an aromatic ring is 1. The number of halogens is 1. The molecule has 0 atom stereocenters. The summed E-state index contributed by atoms with van der Waals surface area (Å²) in [4.78, 5) is 11.8. The molecular weight excluding hydrogens is 250 g/mol. The molecule has 0 aromatic heterocycles.